The molecule has 0 unspecified atom stereocenters. The summed E-state index contributed by atoms with van der Waals surface area (Å²) in [6.45, 7) is 4.23. The number of methoxy groups -OCH3 is 1. The first kappa shape index (κ1) is 23.1. The van der Waals surface area contributed by atoms with Crippen molar-refractivity contribution in [3.63, 3.8) is 0 Å². The molecule has 10 nitrogen and oxygen atoms in total. The molecule has 0 spiro atoms. The molecule has 30 heavy (non-hydrogen) atoms. The van der Waals surface area contributed by atoms with Gasteiger partial charge in [-0.2, -0.15) is 0 Å². The predicted molar refractivity (Wildman–Crippen MR) is 112 cm³/mol. The van der Waals surface area contributed by atoms with E-state index in [-0.39, 0.29) is 17.4 Å². The van der Waals surface area contributed by atoms with E-state index in [1.54, 1.807) is 25.1 Å². The second kappa shape index (κ2) is 11.7. The molecular formula is C19H24N4O6S. The van der Waals surface area contributed by atoms with E-state index in [9.17, 15) is 14.4 Å². The Morgan fingerprint density at radius 3 is 2.53 bits per heavy atom. The van der Waals surface area contributed by atoms with Crippen molar-refractivity contribution in [3.05, 3.63) is 35.6 Å². The van der Waals surface area contributed by atoms with Crippen LogP contribution in [0, 0.1) is 6.92 Å². The van der Waals surface area contributed by atoms with Crippen LogP contribution < -0.4 is 25.6 Å². The molecule has 1 heterocycles. The third-order valence-corrected chi connectivity index (χ3v) is 4.50. The number of hydrogen-bond donors (Lipinski definition) is 3. The van der Waals surface area contributed by atoms with E-state index < -0.39 is 11.8 Å². The van der Waals surface area contributed by atoms with Gasteiger partial charge in [-0.1, -0.05) is 12.1 Å². The lowest BCUT2D eigenvalue weighted by molar-refractivity contribution is -0.119. The highest BCUT2D eigenvalue weighted by molar-refractivity contribution is 8.00. The molecule has 2 rings (SSSR count). The lowest BCUT2D eigenvalue weighted by Crippen LogP contribution is -2.42. The Morgan fingerprint density at radius 1 is 1.10 bits per heavy atom. The summed E-state index contributed by atoms with van der Waals surface area (Å²) in [5.41, 5.74) is 4.92. The van der Waals surface area contributed by atoms with Crippen LogP contribution in [0.3, 0.4) is 0 Å². The summed E-state index contributed by atoms with van der Waals surface area (Å²) in [5, 5.41) is 6.20. The molecule has 3 amide bonds. The minimum absolute atomic E-state index is 0.0152. The number of hydrogen-bond acceptors (Lipinski definition) is 8. The minimum Gasteiger partial charge on any atom is -0.493 e. The molecule has 0 fully saturated rings. The summed E-state index contributed by atoms with van der Waals surface area (Å²) in [4.78, 5) is 35.9. The summed E-state index contributed by atoms with van der Waals surface area (Å²) in [6.07, 6.45) is 0.844. The zero-order chi connectivity index (χ0) is 21.9. The molecule has 0 bridgehead atoms. The maximum absolute atomic E-state index is 12.2. The van der Waals surface area contributed by atoms with E-state index in [2.05, 4.69) is 21.3 Å². The van der Waals surface area contributed by atoms with Crippen LogP contribution in [0.1, 0.15) is 29.5 Å². The van der Waals surface area contributed by atoms with Gasteiger partial charge < -0.3 is 19.3 Å². The van der Waals surface area contributed by atoms with E-state index in [4.69, 9.17) is 14.0 Å². The molecule has 11 heteroatoms. The lowest BCUT2D eigenvalue weighted by Gasteiger charge is -2.12. The van der Waals surface area contributed by atoms with Crippen molar-refractivity contribution in [1.82, 2.24) is 16.0 Å². The summed E-state index contributed by atoms with van der Waals surface area (Å²) >= 11 is 1.09. The van der Waals surface area contributed by atoms with Crippen molar-refractivity contribution in [2.24, 2.45) is 0 Å². The van der Waals surface area contributed by atoms with Gasteiger partial charge in [0, 0.05) is 11.6 Å². The molecule has 0 radical (unpaired) electrons. The molecule has 0 aliphatic heterocycles. The number of anilines is 1. The van der Waals surface area contributed by atoms with E-state index >= 15 is 0 Å². The zero-order valence-electron chi connectivity index (χ0n) is 16.9. The Hall–Kier alpha value is -3.21. The van der Waals surface area contributed by atoms with Gasteiger partial charge in [-0.3, -0.25) is 25.2 Å². The Kier molecular flexibility index (Phi) is 9.01. The van der Waals surface area contributed by atoms with Crippen LogP contribution in [0.15, 0.2) is 28.8 Å². The minimum atomic E-state index is -0.507. The van der Waals surface area contributed by atoms with E-state index in [0.29, 0.717) is 35.2 Å². The summed E-state index contributed by atoms with van der Waals surface area (Å²) < 4.78 is 15.6. The Balaban J connectivity index is 1.73. The first-order valence-electron chi connectivity index (χ1n) is 9.13. The number of carbonyl (C=O) groups excluding carboxylic acids is 3. The molecule has 0 atom stereocenters. The molecular weight excluding hydrogens is 412 g/mol. The largest absolute Gasteiger partial charge is 0.493 e. The number of aryl methyl sites for hydroxylation is 1. The summed E-state index contributed by atoms with van der Waals surface area (Å²) in [5.74, 6) is 0.609. The van der Waals surface area contributed by atoms with Gasteiger partial charge in [-0.15, -0.1) is 11.8 Å². The predicted octanol–water partition coefficient (Wildman–Crippen LogP) is 1.91. The fourth-order valence-electron chi connectivity index (χ4n) is 2.22. The van der Waals surface area contributed by atoms with Crippen molar-refractivity contribution in [3.8, 4) is 11.5 Å². The topological polar surface area (TPSA) is 132 Å². The van der Waals surface area contributed by atoms with E-state index in [1.165, 1.54) is 13.2 Å². The Labute approximate surface area is 178 Å². The van der Waals surface area contributed by atoms with Gasteiger partial charge in [-0.25, -0.2) is 0 Å². The first-order chi connectivity index (χ1) is 14.4. The molecule has 162 valence electrons. The molecule has 0 aliphatic carbocycles. The number of carbonyl (C=O) groups is 3. The van der Waals surface area contributed by atoms with E-state index in [1.807, 2.05) is 6.92 Å². The van der Waals surface area contributed by atoms with Crippen LogP contribution in [0.2, 0.25) is 0 Å². The SMILES string of the molecule is CCCOc1ccc(C(=O)NNC(=O)CSCC(=O)Nc2cc(C)on2)cc1OC. The number of aromatic nitrogens is 1. The van der Waals surface area contributed by atoms with Gasteiger partial charge in [0.25, 0.3) is 5.91 Å². The second-order valence-electron chi connectivity index (χ2n) is 6.08. The third-order valence-electron chi connectivity index (χ3n) is 3.56. The fourth-order valence-corrected chi connectivity index (χ4v) is 2.83. The third kappa shape index (κ3) is 7.32. The van der Waals surface area contributed by atoms with Gasteiger partial charge in [0.2, 0.25) is 11.8 Å². The molecule has 0 aliphatic rings. The number of rotatable bonds is 10. The average Bonchev–Trinajstić information content (AvgIpc) is 3.14. The van der Waals surface area contributed by atoms with Crippen LogP contribution in [0.4, 0.5) is 5.82 Å². The number of nitrogens with one attached hydrogen (secondary N) is 3. The first-order valence-corrected chi connectivity index (χ1v) is 10.3. The highest BCUT2D eigenvalue weighted by atomic mass is 32.2. The van der Waals surface area contributed by atoms with Crippen LogP contribution in [0.5, 0.6) is 11.5 Å². The van der Waals surface area contributed by atoms with Gasteiger partial charge in [0.15, 0.2) is 17.3 Å². The van der Waals surface area contributed by atoms with E-state index in [0.717, 1.165) is 18.2 Å². The lowest BCUT2D eigenvalue weighted by atomic mass is 10.2. The zero-order valence-corrected chi connectivity index (χ0v) is 17.8. The van der Waals surface area contributed by atoms with Gasteiger partial charge in [0.05, 0.1) is 25.2 Å². The Morgan fingerprint density at radius 2 is 1.87 bits per heavy atom. The fraction of sp³-hybridized carbons (Fsp3) is 0.368. The normalized spacial score (nSPS) is 10.2. The Bertz CT molecular complexity index is 886. The monoisotopic (exact) mass is 436 g/mol. The molecule has 1 aromatic carbocycles. The quantitative estimate of drug-likeness (QED) is 0.481. The summed E-state index contributed by atoms with van der Waals surface area (Å²) in [7, 11) is 1.48. The van der Waals surface area contributed by atoms with Crippen LogP contribution in [-0.4, -0.2) is 48.1 Å². The number of nitrogens with zero attached hydrogens (tertiary/aromatic N) is 1. The molecule has 0 saturated heterocycles. The van der Waals surface area contributed by atoms with Gasteiger partial charge in [0.1, 0.15) is 5.76 Å². The molecule has 2 aromatic rings. The van der Waals surface area contributed by atoms with Crippen LogP contribution >= 0.6 is 11.8 Å². The average molecular weight is 436 g/mol. The maximum Gasteiger partial charge on any atom is 0.269 e. The van der Waals surface area contributed by atoms with Crippen molar-refractivity contribution < 1.29 is 28.4 Å². The highest BCUT2D eigenvalue weighted by Gasteiger charge is 2.13. The maximum atomic E-state index is 12.2. The van der Waals surface area contributed by atoms with Crippen molar-refractivity contribution in [2.75, 3.05) is 30.5 Å². The second-order valence-corrected chi connectivity index (χ2v) is 7.07. The van der Waals surface area contributed by atoms with Gasteiger partial charge in [-0.05, 0) is 31.5 Å². The molecule has 1 aromatic heterocycles. The molecule has 0 saturated carbocycles. The standard InChI is InChI=1S/C19H24N4O6S/c1-4-7-28-14-6-5-13(9-15(14)27-3)19(26)22-21-18(25)11-30-10-17(24)20-16-8-12(2)29-23-16/h5-6,8-9H,4,7,10-11H2,1-3H3,(H,21,25)(H,22,26)(H,20,23,24). The van der Waals surface area contributed by atoms with Crippen molar-refractivity contribution in [1.29, 1.82) is 0 Å². The highest BCUT2D eigenvalue weighted by Crippen LogP contribution is 2.28. The molecule has 3 N–H and O–H groups in total. The number of hydrazine groups is 1. The number of thioether (sulfide) groups is 1. The van der Waals surface area contributed by atoms with Crippen LogP contribution in [0.25, 0.3) is 0 Å². The van der Waals surface area contributed by atoms with Crippen LogP contribution in [-0.2, 0) is 9.59 Å². The number of amides is 3. The van der Waals surface area contributed by atoms with Crippen molar-refractivity contribution in [2.45, 2.75) is 20.3 Å². The van der Waals surface area contributed by atoms with Crippen molar-refractivity contribution >= 4 is 35.3 Å². The van der Waals surface area contributed by atoms with Gasteiger partial charge >= 0.3 is 0 Å². The summed E-state index contributed by atoms with van der Waals surface area (Å²) in [6, 6.07) is 6.31. The smallest absolute Gasteiger partial charge is 0.269 e. The number of ether oxygens (including phenoxy) is 2. The number of benzene rings is 1.